The van der Waals surface area contributed by atoms with E-state index < -0.39 is 0 Å². The number of unbranched alkanes of at least 4 members (excludes halogenated alkanes) is 6. The van der Waals surface area contributed by atoms with Crippen molar-refractivity contribution in [3.8, 4) is 0 Å². The molecule has 0 heterocycles. The van der Waals surface area contributed by atoms with Gasteiger partial charge < -0.3 is 33.2 Å². The van der Waals surface area contributed by atoms with Crippen LogP contribution in [0.5, 0.6) is 0 Å². The maximum Gasteiger partial charge on any atom is 0.160 e. The SMILES string of the molecule is CCOC(CCCCCCC(OCC)OC(CCCCCCC(OCC)OCC)OCC)OCC. The number of ether oxygens (including phenoxy) is 7. The Bertz CT molecular complexity index is 363. The highest BCUT2D eigenvalue weighted by atomic mass is 16.8. The Morgan fingerprint density at radius 2 is 0.543 bits per heavy atom. The maximum absolute atomic E-state index is 6.22. The predicted molar refractivity (Wildman–Crippen MR) is 141 cm³/mol. The van der Waals surface area contributed by atoms with Crippen molar-refractivity contribution in [1.82, 2.24) is 0 Å². The predicted octanol–water partition coefficient (Wildman–Crippen LogP) is 7.21. The van der Waals surface area contributed by atoms with Crippen molar-refractivity contribution < 1.29 is 33.2 Å². The van der Waals surface area contributed by atoms with Gasteiger partial charge in [-0.1, -0.05) is 25.7 Å². The Labute approximate surface area is 216 Å². The Hall–Kier alpha value is -0.280. The van der Waals surface area contributed by atoms with Crippen molar-refractivity contribution in [2.45, 2.75) is 144 Å². The van der Waals surface area contributed by atoms with Gasteiger partial charge in [-0.3, -0.25) is 0 Å². The van der Waals surface area contributed by atoms with E-state index in [0.717, 1.165) is 77.0 Å². The van der Waals surface area contributed by atoms with E-state index in [1.165, 1.54) is 0 Å². The quantitative estimate of drug-likeness (QED) is 0.0820. The molecule has 2 atom stereocenters. The normalized spacial score (nSPS) is 13.7. The third-order valence-corrected chi connectivity index (χ3v) is 5.68. The first kappa shape index (κ1) is 34.7. The van der Waals surface area contributed by atoms with E-state index in [2.05, 4.69) is 0 Å². The minimum atomic E-state index is -0.200. The lowest BCUT2D eigenvalue weighted by atomic mass is 10.1. The summed E-state index contributed by atoms with van der Waals surface area (Å²) in [6.07, 6.45) is 12.2. The summed E-state index contributed by atoms with van der Waals surface area (Å²) >= 11 is 0. The van der Waals surface area contributed by atoms with E-state index in [1.807, 2.05) is 41.5 Å². The van der Waals surface area contributed by atoms with Crippen molar-refractivity contribution in [3.05, 3.63) is 0 Å². The average molecular weight is 507 g/mol. The smallest absolute Gasteiger partial charge is 0.160 e. The number of rotatable bonds is 28. The van der Waals surface area contributed by atoms with Crippen molar-refractivity contribution in [3.63, 3.8) is 0 Å². The molecule has 0 saturated heterocycles. The molecule has 2 unspecified atom stereocenters. The molecule has 0 aliphatic carbocycles. The fraction of sp³-hybridized carbons (Fsp3) is 1.00. The third-order valence-electron chi connectivity index (χ3n) is 5.68. The molecule has 0 bridgehead atoms. The standard InChI is InChI=1S/C28H58O7/c1-7-29-25(30-8-2)21-17-13-15-19-23-27(33-11-5)35-28(34-12-6)24-20-16-14-18-22-26(31-9-3)32-10-4/h25-28H,7-24H2,1-6H3. The van der Waals surface area contributed by atoms with Gasteiger partial charge in [0.25, 0.3) is 0 Å². The highest BCUT2D eigenvalue weighted by Gasteiger charge is 2.17. The minimum Gasteiger partial charge on any atom is -0.353 e. The molecule has 0 saturated carbocycles. The lowest BCUT2D eigenvalue weighted by Crippen LogP contribution is -2.27. The van der Waals surface area contributed by atoms with Gasteiger partial charge in [-0.05, 0) is 92.9 Å². The van der Waals surface area contributed by atoms with Crippen LogP contribution in [0.3, 0.4) is 0 Å². The van der Waals surface area contributed by atoms with E-state index in [1.54, 1.807) is 0 Å². The van der Waals surface area contributed by atoms with E-state index >= 15 is 0 Å². The van der Waals surface area contributed by atoms with Crippen LogP contribution in [-0.4, -0.2) is 64.8 Å². The van der Waals surface area contributed by atoms with Gasteiger partial charge in [0.1, 0.15) is 0 Å². The first-order chi connectivity index (χ1) is 17.1. The van der Waals surface area contributed by atoms with Gasteiger partial charge in [0.2, 0.25) is 0 Å². The van der Waals surface area contributed by atoms with Crippen LogP contribution in [0.15, 0.2) is 0 Å². The van der Waals surface area contributed by atoms with Crippen LogP contribution in [0.1, 0.15) is 119 Å². The molecule has 0 spiro atoms. The second-order valence-corrected chi connectivity index (χ2v) is 8.57. The molecule has 0 amide bonds. The molecule has 0 N–H and O–H groups in total. The summed E-state index contributed by atoms with van der Waals surface area (Å²) in [7, 11) is 0. The third kappa shape index (κ3) is 21.5. The van der Waals surface area contributed by atoms with Gasteiger partial charge in [-0.25, -0.2) is 0 Å². The van der Waals surface area contributed by atoms with Crippen LogP contribution >= 0.6 is 0 Å². The van der Waals surface area contributed by atoms with E-state index in [9.17, 15) is 0 Å². The van der Waals surface area contributed by atoms with Gasteiger partial charge in [0.15, 0.2) is 25.2 Å². The van der Waals surface area contributed by atoms with Crippen LogP contribution in [0, 0.1) is 0 Å². The van der Waals surface area contributed by atoms with Crippen molar-refractivity contribution in [1.29, 1.82) is 0 Å². The van der Waals surface area contributed by atoms with E-state index in [-0.39, 0.29) is 25.2 Å². The Balaban J connectivity index is 4.15. The summed E-state index contributed by atoms with van der Waals surface area (Å²) in [5, 5.41) is 0. The molecular weight excluding hydrogens is 448 g/mol. The lowest BCUT2D eigenvalue weighted by Gasteiger charge is -2.25. The molecule has 0 rings (SSSR count). The summed E-state index contributed by atoms with van der Waals surface area (Å²) < 4.78 is 40.5. The molecule has 7 nitrogen and oxygen atoms in total. The molecule has 0 aromatic heterocycles. The van der Waals surface area contributed by atoms with Gasteiger partial charge >= 0.3 is 0 Å². The van der Waals surface area contributed by atoms with Gasteiger partial charge in [-0.2, -0.15) is 0 Å². The Morgan fingerprint density at radius 3 is 0.800 bits per heavy atom. The molecule has 0 aliphatic rings. The first-order valence-corrected chi connectivity index (χ1v) is 14.5. The van der Waals surface area contributed by atoms with Gasteiger partial charge in [0, 0.05) is 39.6 Å². The van der Waals surface area contributed by atoms with Gasteiger partial charge in [0.05, 0.1) is 0 Å². The van der Waals surface area contributed by atoms with E-state index in [0.29, 0.717) is 39.6 Å². The average Bonchev–Trinajstić information content (AvgIpc) is 2.84. The topological polar surface area (TPSA) is 64.6 Å². The zero-order chi connectivity index (χ0) is 26.0. The molecular formula is C28H58O7. The minimum absolute atomic E-state index is 0.0627. The fourth-order valence-corrected chi connectivity index (χ4v) is 4.05. The maximum atomic E-state index is 6.22. The van der Waals surface area contributed by atoms with Crippen LogP contribution in [0.25, 0.3) is 0 Å². The van der Waals surface area contributed by atoms with Crippen molar-refractivity contribution in [2.75, 3.05) is 39.6 Å². The molecule has 0 aromatic carbocycles. The summed E-state index contributed by atoms with van der Waals surface area (Å²) in [5.74, 6) is 0. The molecule has 212 valence electrons. The van der Waals surface area contributed by atoms with Crippen LogP contribution in [-0.2, 0) is 33.2 Å². The first-order valence-electron chi connectivity index (χ1n) is 14.5. The molecule has 0 radical (unpaired) electrons. The summed E-state index contributed by atoms with van der Waals surface area (Å²) in [6, 6.07) is 0. The molecule has 7 heteroatoms. The van der Waals surface area contributed by atoms with Gasteiger partial charge in [-0.15, -0.1) is 0 Å². The van der Waals surface area contributed by atoms with Crippen molar-refractivity contribution in [2.24, 2.45) is 0 Å². The Morgan fingerprint density at radius 1 is 0.314 bits per heavy atom. The fourth-order valence-electron chi connectivity index (χ4n) is 4.05. The number of hydrogen-bond acceptors (Lipinski definition) is 7. The zero-order valence-electron chi connectivity index (χ0n) is 23.9. The van der Waals surface area contributed by atoms with E-state index in [4.69, 9.17) is 33.2 Å². The summed E-state index contributed by atoms with van der Waals surface area (Å²) in [5.41, 5.74) is 0. The van der Waals surface area contributed by atoms with Crippen LogP contribution in [0.4, 0.5) is 0 Å². The highest BCUT2D eigenvalue weighted by molar-refractivity contribution is 4.56. The van der Waals surface area contributed by atoms with Crippen LogP contribution < -0.4 is 0 Å². The zero-order valence-corrected chi connectivity index (χ0v) is 23.9. The summed E-state index contributed by atoms with van der Waals surface area (Å²) in [6.45, 7) is 16.2. The summed E-state index contributed by atoms with van der Waals surface area (Å²) in [4.78, 5) is 0. The Kier molecular flexibility index (Phi) is 26.6. The van der Waals surface area contributed by atoms with Crippen LogP contribution in [0.2, 0.25) is 0 Å². The molecule has 0 aromatic rings. The second-order valence-electron chi connectivity index (χ2n) is 8.57. The molecule has 35 heavy (non-hydrogen) atoms. The van der Waals surface area contributed by atoms with Crippen molar-refractivity contribution >= 4 is 0 Å². The second kappa shape index (κ2) is 26.8. The lowest BCUT2D eigenvalue weighted by molar-refractivity contribution is -0.247. The number of hydrogen-bond donors (Lipinski definition) is 0. The molecule has 0 fully saturated rings. The highest BCUT2D eigenvalue weighted by Crippen LogP contribution is 2.18. The molecule has 0 aliphatic heterocycles. The largest absolute Gasteiger partial charge is 0.353 e. The monoisotopic (exact) mass is 506 g/mol.